The fourth-order valence-corrected chi connectivity index (χ4v) is 1.71. The maximum atomic E-state index is 11.6. The molecule has 4 nitrogen and oxygen atoms in total. The molecule has 1 atom stereocenters. The Morgan fingerprint density at radius 2 is 2.26 bits per heavy atom. The predicted molar refractivity (Wildman–Crippen MR) is 76.8 cm³/mol. The molecule has 1 aromatic carbocycles. The highest BCUT2D eigenvalue weighted by Crippen LogP contribution is 2.27. The number of rotatable bonds is 7. The maximum Gasteiger partial charge on any atom is 0.224 e. The van der Waals surface area contributed by atoms with Crippen molar-refractivity contribution in [1.29, 1.82) is 0 Å². The molecule has 0 aliphatic heterocycles. The maximum absolute atomic E-state index is 11.6. The van der Waals surface area contributed by atoms with Crippen molar-refractivity contribution in [2.24, 2.45) is 0 Å². The molecule has 0 fully saturated rings. The van der Waals surface area contributed by atoms with Crippen molar-refractivity contribution < 1.29 is 14.6 Å². The second-order valence-electron chi connectivity index (χ2n) is 4.43. The van der Waals surface area contributed by atoms with E-state index in [-0.39, 0.29) is 12.3 Å². The normalized spacial score (nSPS) is 12.0. The Morgan fingerprint density at radius 3 is 2.84 bits per heavy atom. The molecular weight excluding hydrogens is 266 g/mol. The molecule has 0 heterocycles. The van der Waals surface area contributed by atoms with E-state index in [1.54, 1.807) is 25.1 Å². The van der Waals surface area contributed by atoms with Gasteiger partial charge in [0, 0.05) is 12.1 Å². The van der Waals surface area contributed by atoms with Crippen molar-refractivity contribution in [3.05, 3.63) is 23.2 Å². The molecule has 19 heavy (non-hydrogen) atoms. The van der Waals surface area contributed by atoms with Crippen LogP contribution < -0.4 is 10.1 Å². The van der Waals surface area contributed by atoms with Crippen LogP contribution in [0.3, 0.4) is 0 Å². The van der Waals surface area contributed by atoms with E-state index < -0.39 is 6.10 Å². The van der Waals surface area contributed by atoms with Crippen LogP contribution in [0.2, 0.25) is 5.02 Å². The molecule has 0 saturated heterocycles. The van der Waals surface area contributed by atoms with Gasteiger partial charge in [-0.15, -0.1) is 0 Å². The summed E-state index contributed by atoms with van der Waals surface area (Å²) in [6.07, 6.45) is 1.16. The lowest BCUT2D eigenvalue weighted by atomic mass is 10.2. The molecular formula is C14H20ClNO3. The topological polar surface area (TPSA) is 58.6 Å². The zero-order valence-electron chi connectivity index (χ0n) is 11.3. The van der Waals surface area contributed by atoms with E-state index >= 15 is 0 Å². The van der Waals surface area contributed by atoms with Gasteiger partial charge in [0.25, 0.3) is 0 Å². The molecule has 2 N–H and O–H groups in total. The zero-order chi connectivity index (χ0) is 14.3. The number of hydrogen-bond acceptors (Lipinski definition) is 3. The Bertz CT molecular complexity index is 421. The van der Waals surface area contributed by atoms with E-state index in [0.717, 1.165) is 6.42 Å². The average molecular weight is 286 g/mol. The molecule has 1 unspecified atom stereocenters. The minimum Gasteiger partial charge on any atom is -0.492 e. The first-order valence-electron chi connectivity index (χ1n) is 6.43. The Balaban J connectivity index is 2.55. The number of aliphatic hydroxyl groups is 1. The molecule has 0 bridgehead atoms. The molecule has 106 valence electrons. The van der Waals surface area contributed by atoms with Gasteiger partial charge >= 0.3 is 0 Å². The van der Waals surface area contributed by atoms with E-state index in [1.165, 1.54) is 0 Å². The van der Waals surface area contributed by atoms with E-state index in [4.69, 9.17) is 21.4 Å². The molecule has 1 amide bonds. The number of nitrogens with one attached hydrogen (secondary N) is 1. The average Bonchev–Trinajstić information content (AvgIpc) is 2.35. The predicted octanol–water partition coefficient (Wildman–Crippen LogP) is 3.23. The molecule has 0 spiro atoms. The molecule has 0 aliphatic rings. The summed E-state index contributed by atoms with van der Waals surface area (Å²) < 4.78 is 5.45. The van der Waals surface area contributed by atoms with Crippen molar-refractivity contribution in [1.82, 2.24) is 0 Å². The summed E-state index contributed by atoms with van der Waals surface area (Å²) in [5.41, 5.74) is 0.629. The van der Waals surface area contributed by atoms with Crippen LogP contribution in [0, 0.1) is 0 Å². The summed E-state index contributed by atoms with van der Waals surface area (Å²) in [6, 6.07) is 5.15. The van der Waals surface area contributed by atoms with Crippen LogP contribution in [0.15, 0.2) is 18.2 Å². The lowest BCUT2D eigenvalue weighted by Crippen LogP contribution is -2.14. The summed E-state index contributed by atoms with van der Waals surface area (Å²) in [7, 11) is 0. The lowest BCUT2D eigenvalue weighted by molar-refractivity contribution is -0.116. The Hall–Kier alpha value is -1.26. The van der Waals surface area contributed by atoms with Crippen molar-refractivity contribution in [3.8, 4) is 5.75 Å². The van der Waals surface area contributed by atoms with Crippen LogP contribution >= 0.6 is 11.6 Å². The van der Waals surface area contributed by atoms with Crippen LogP contribution in [-0.4, -0.2) is 23.7 Å². The SMILES string of the molecule is CCCOc1ccc(NC(=O)CCC(C)O)cc1Cl. The fraction of sp³-hybridized carbons (Fsp3) is 0.500. The first kappa shape index (κ1) is 15.8. The van der Waals surface area contributed by atoms with Gasteiger partial charge in [-0.3, -0.25) is 4.79 Å². The van der Waals surface area contributed by atoms with Gasteiger partial charge in [-0.25, -0.2) is 0 Å². The number of hydrogen-bond donors (Lipinski definition) is 2. The minimum atomic E-state index is -0.473. The Kier molecular flexibility index (Phi) is 6.67. The summed E-state index contributed by atoms with van der Waals surface area (Å²) in [6.45, 7) is 4.29. The Labute approximate surface area is 118 Å². The van der Waals surface area contributed by atoms with Crippen LogP contribution in [0.4, 0.5) is 5.69 Å². The highest BCUT2D eigenvalue weighted by Gasteiger charge is 2.07. The van der Waals surface area contributed by atoms with Crippen LogP contribution in [-0.2, 0) is 4.79 Å². The van der Waals surface area contributed by atoms with Gasteiger partial charge < -0.3 is 15.2 Å². The van der Waals surface area contributed by atoms with Gasteiger partial charge in [-0.05, 0) is 38.0 Å². The lowest BCUT2D eigenvalue weighted by Gasteiger charge is -2.10. The van der Waals surface area contributed by atoms with E-state index in [2.05, 4.69) is 5.32 Å². The van der Waals surface area contributed by atoms with Gasteiger partial charge in [-0.2, -0.15) is 0 Å². The third kappa shape index (κ3) is 5.94. The molecule has 0 saturated carbocycles. The number of amides is 1. The first-order valence-corrected chi connectivity index (χ1v) is 6.81. The van der Waals surface area contributed by atoms with Gasteiger partial charge in [0.05, 0.1) is 17.7 Å². The number of carbonyl (C=O) groups excluding carboxylic acids is 1. The number of aliphatic hydroxyl groups excluding tert-OH is 1. The molecule has 1 aromatic rings. The fourth-order valence-electron chi connectivity index (χ4n) is 1.47. The minimum absolute atomic E-state index is 0.140. The third-order valence-corrected chi connectivity index (χ3v) is 2.76. The number of anilines is 1. The molecule has 0 aromatic heterocycles. The largest absolute Gasteiger partial charge is 0.492 e. The standard InChI is InChI=1S/C14H20ClNO3/c1-3-8-19-13-6-5-11(9-12(13)15)16-14(18)7-4-10(2)17/h5-6,9-10,17H,3-4,7-8H2,1-2H3,(H,16,18). The quantitative estimate of drug-likeness (QED) is 0.809. The number of carbonyl (C=O) groups is 1. The van der Waals surface area contributed by atoms with Gasteiger partial charge in [0.1, 0.15) is 5.75 Å². The number of ether oxygens (including phenoxy) is 1. The first-order chi connectivity index (χ1) is 9.02. The molecule has 0 radical (unpaired) electrons. The monoisotopic (exact) mass is 285 g/mol. The summed E-state index contributed by atoms with van der Waals surface area (Å²) in [5.74, 6) is 0.477. The van der Waals surface area contributed by atoms with Gasteiger partial charge in [0.15, 0.2) is 0 Å². The Morgan fingerprint density at radius 1 is 1.53 bits per heavy atom. The van der Waals surface area contributed by atoms with Crippen molar-refractivity contribution in [3.63, 3.8) is 0 Å². The van der Waals surface area contributed by atoms with Crippen LogP contribution in [0.25, 0.3) is 0 Å². The summed E-state index contributed by atoms with van der Waals surface area (Å²) >= 11 is 6.06. The van der Waals surface area contributed by atoms with E-state index in [9.17, 15) is 4.79 Å². The highest BCUT2D eigenvalue weighted by molar-refractivity contribution is 6.32. The zero-order valence-corrected chi connectivity index (χ0v) is 12.0. The second-order valence-corrected chi connectivity index (χ2v) is 4.84. The van der Waals surface area contributed by atoms with Crippen molar-refractivity contribution in [2.75, 3.05) is 11.9 Å². The van der Waals surface area contributed by atoms with Gasteiger partial charge in [0.2, 0.25) is 5.91 Å². The van der Waals surface area contributed by atoms with E-state index in [0.29, 0.717) is 29.5 Å². The smallest absolute Gasteiger partial charge is 0.224 e. The third-order valence-electron chi connectivity index (χ3n) is 2.47. The van der Waals surface area contributed by atoms with Crippen LogP contribution in [0.1, 0.15) is 33.1 Å². The van der Waals surface area contributed by atoms with Crippen molar-refractivity contribution in [2.45, 2.75) is 39.2 Å². The van der Waals surface area contributed by atoms with Crippen LogP contribution in [0.5, 0.6) is 5.75 Å². The number of halogens is 1. The summed E-state index contributed by atoms with van der Waals surface area (Å²) in [5, 5.41) is 12.3. The van der Waals surface area contributed by atoms with Gasteiger partial charge in [-0.1, -0.05) is 18.5 Å². The second kappa shape index (κ2) is 8.02. The molecule has 1 rings (SSSR count). The molecule has 5 heteroatoms. The summed E-state index contributed by atoms with van der Waals surface area (Å²) in [4.78, 5) is 11.6. The van der Waals surface area contributed by atoms with E-state index in [1.807, 2.05) is 6.92 Å². The number of benzene rings is 1. The van der Waals surface area contributed by atoms with Crippen molar-refractivity contribution >= 4 is 23.2 Å². The highest BCUT2D eigenvalue weighted by atomic mass is 35.5. The molecule has 0 aliphatic carbocycles.